The first-order valence-corrected chi connectivity index (χ1v) is 11.1. The van der Waals surface area contributed by atoms with E-state index in [0.717, 1.165) is 10.6 Å². The number of thiazole rings is 1. The molecule has 0 fully saturated rings. The Morgan fingerprint density at radius 2 is 1.84 bits per heavy atom. The zero-order valence-electron chi connectivity index (χ0n) is 19.0. The van der Waals surface area contributed by atoms with Crippen LogP contribution in [0.3, 0.4) is 0 Å². The van der Waals surface area contributed by atoms with E-state index in [1.54, 1.807) is 24.2 Å². The molecule has 7 nitrogen and oxygen atoms in total. The monoisotopic (exact) mass is 445 g/mol. The van der Waals surface area contributed by atoms with Gasteiger partial charge in [-0.25, -0.2) is 4.98 Å². The lowest BCUT2D eigenvalue weighted by molar-refractivity contribution is -0.137. The van der Waals surface area contributed by atoms with Crippen LogP contribution in [-0.2, 0) is 4.79 Å². The summed E-state index contributed by atoms with van der Waals surface area (Å²) in [5, 5.41) is 3.31. The number of rotatable bonds is 10. The molecule has 0 spiro atoms. The first-order chi connectivity index (χ1) is 14.8. The lowest BCUT2D eigenvalue weighted by Crippen LogP contribution is -2.44. The van der Waals surface area contributed by atoms with Crippen LogP contribution in [0, 0.1) is 0 Å². The van der Waals surface area contributed by atoms with Gasteiger partial charge in [-0.05, 0) is 58.4 Å². The number of carbonyl (C=O) groups is 2. The van der Waals surface area contributed by atoms with E-state index in [2.05, 4.69) is 10.3 Å². The number of benzene rings is 1. The average Bonchev–Trinajstić information content (AvgIpc) is 3.19. The molecule has 0 aliphatic heterocycles. The SMILES string of the molecule is CCOc1cc(/C=C/c2ncc(C(=O)NC)s2)ccc1OCC(=O)N(C(C)C)C(C)C. The average molecular weight is 446 g/mol. The van der Waals surface area contributed by atoms with Gasteiger partial charge in [-0.3, -0.25) is 9.59 Å². The number of carbonyl (C=O) groups excluding carboxylic acids is 2. The Balaban J connectivity index is 2.12. The minimum Gasteiger partial charge on any atom is -0.490 e. The van der Waals surface area contributed by atoms with Crippen LogP contribution in [-0.4, -0.2) is 54.0 Å². The van der Waals surface area contributed by atoms with Gasteiger partial charge in [0.15, 0.2) is 18.1 Å². The molecule has 2 aromatic rings. The predicted molar refractivity (Wildman–Crippen MR) is 125 cm³/mol. The highest BCUT2D eigenvalue weighted by Gasteiger charge is 2.21. The Morgan fingerprint density at radius 3 is 2.45 bits per heavy atom. The molecular formula is C23H31N3O4S. The van der Waals surface area contributed by atoms with Crippen molar-refractivity contribution >= 4 is 35.3 Å². The minimum atomic E-state index is -0.152. The van der Waals surface area contributed by atoms with Crippen molar-refractivity contribution in [1.82, 2.24) is 15.2 Å². The number of hydrogen-bond acceptors (Lipinski definition) is 6. The molecule has 1 N–H and O–H groups in total. The van der Waals surface area contributed by atoms with Gasteiger partial charge in [0, 0.05) is 19.1 Å². The summed E-state index contributed by atoms with van der Waals surface area (Å²) in [7, 11) is 1.59. The molecule has 168 valence electrons. The van der Waals surface area contributed by atoms with Gasteiger partial charge in [-0.1, -0.05) is 12.1 Å². The van der Waals surface area contributed by atoms with Crippen molar-refractivity contribution in [3.63, 3.8) is 0 Å². The molecule has 0 saturated heterocycles. The molecule has 0 radical (unpaired) electrons. The summed E-state index contributed by atoms with van der Waals surface area (Å²) in [5.74, 6) is 0.881. The maximum atomic E-state index is 12.6. The standard InChI is InChI=1S/C23H31N3O4S/c1-7-29-19-12-17(9-11-21-25-13-20(31-21)23(28)24-6)8-10-18(19)30-14-22(27)26(15(2)3)16(4)5/h8-13,15-16H,7,14H2,1-6H3,(H,24,28)/b11-9+. The quantitative estimate of drug-likeness (QED) is 0.596. The van der Waals surface area contributed by atoms with Crippen molar-refractivity contribution in [3.05, 3.63) is 39.8 Å². The molecule has 1 heterocycles. The van der Waals surface area contributed by atoms with Gasteiger partial charge in [-0.15, -0.1) is 11.3 Å². The molecular weight excluding hydrogens is 414 g/mol. The molecule has 0 atom stereocenters. The highest BCUT2D eigenvalue weighted by molar-refractivity contribution is 7.14. The summed E-state index contributed by atoms with van der Waals surface area (Å²) in [6, 6.07) is 5.74. The largest absolute Gasteiger partial charge is 0.490 e. The Kier molecular flexibility index (Phi) is 9.05. The second kappa shape index (κ2) is 11.5. The van der Waals surface area contributed by atoms with Gasteiger partial charge in [0.1, 0.15) is 9.88 Å². The van der Waals surface area contributed by atoms with Gasteiger partial charge >= 0.3 is 0 Å². The highest BCUT2D eigenvalue weighted by Crippen LogP contribution is 2.29. The van der Waals surface area contributed by atoms with Crippen molar-refractivity contribution < 1.29 is 19.1 Å². The second-order valence-electron chi connectivity index (χ2n) is 7.39. The number of amides is 2. The van der Waals surface area contributed by atoms with E-state index < -0.39 is 0 Å². The van der Waals surface area contributed by atoms with E-state index >= 15 is 0 Å². The topological polar surface area (TPSA) is 80.8 Å². The van der Waals surface area contributed by atoms with Crippen LogP contribution < -0.4 is 14.8 Å². The summed E-state index contributed by atoms with van der Waals surface area (Å²) in [6.45, 7) is 10.3. The van der Waals surface area contributed by atoms with Gasteiger partial charge < -0.3 is 19.7 Å². The summed E-state index contributed by atoms with van der Waals surface area (Å²) in [5.41, 5.74) is 0.893. The fraction of sp³-hybridized carbons (Fsp3) is 0.435. The first kappa shape index (κ1) is 24.4. The van der Waals surface area contributed by atoms with Crippen molar-refractivity contribution in [1.29, 1.82) is 0 Å². The zero-order chi connectivity index (χ0) is 23.0. The maximum absolute atomic E-state index is 12.6. The number of nitrogens with one attached hydrogen (secondary N) is 1. The Hall–Kier alpha value is -2.87. The molecule has 31 heavy (non-hydrogen) atoms. The summed E-state index contributed by atoms with van der Waals surface area (Å²) in [4.78, 5) is 30.8. The molecule has 2 amide bonds. The molecule has 0 aliphatic rings. The van der Waals surface area contributed by atoms with Crippen LogP contribution in [0.5, 0.6) is 11.5 Å². The number of nitrogens with zero attached hydrogens (tertiary/aromatic N) is 2. The van der Waals surface area contributed by atoms with Gasteiger partial charge in [0.25, 0.3) is 11.8 Å². The highest BCUT2D eigenvalue weighted by atomic mass is 32.1. The Morgan fingerprint density at radius 1 is 1.13 bits per heavy atom. The van der Waals surface area contributed by atoms with Crippen LogP contribution in [0.4, 0.5) is 0 Å². The lowest BCUT2D eigenvalue weighted by atomic mass is 10.2. The molecule has 0 aliphatic carbocycles. The van der Waals surface area contributed by atoms with Gasteiger partial charge in [0.2, 0.25) is 0 Å². The van der Waals surface area contributed by atoms with E-state index in [9.17, 15) is 9.59 Å². The molecule has 0 unspecified atom stereocenters. The van der Waals surface area contributed by atoms with Crippen molar-refractivity contribution in [2.45, 2.75) is 46.7 Å². The van der Waals surface area contributed by atoms with Crippen LogP contribution in [0.25, 0.3) is 12.2 Å². The molecule has 8 heteroatoms. The summed E-state index contributed by atoms with van der Waals surface area (Å²) in [6.07, 6.45) is 5.29. The molecule has 1 aromatic carbocycles. The summed E-state index contributed by atoms with van der Waals surface area (Å²) < 4.78 is 11.5. The van der Waals surface area contributed by atoms with E-state index in [4.69, 9.17) is 9.47 Å². The summed E-state index contributed by atoms with van der Waals surface area (Å²) >= 11 is 1.31. The fourth-order valence-corrected chi connectivity index (χ4v) is 3.93. The van der Waals surface area contributed by atoms with Gasteiger partial charge in [0.05, 0.1) is 12.8 Å². The maximum Gasteiger partial charge on any atom is 0.262 e. The lowest BCUT2D eigenvalue weighted by Gasteiger charge is -2.30. The van der Waals surface area contributed by atoms with E-state index in [1.165, 1.54) is 11.3 Å². The van der Waals surface area contributed by atoms with Crippen LogP contribution in [0.2, 0.25) is 0 Å². The Bertz CT molecular complexity index is 913. The van der Waals surface area contributed by atoms with Crippen LogP contribution in [0.15, 0.2) is 24.4 Å². The third-order valence-corrected chi connectivity index (χ3v) is 5.37. The number of ether oxygens (including phenoxy) is 2. The van der Waals surface area contributed by atoms with Crippen LogP contribution in [0.1, 0.15) is 54.9 Å². The third-order valence-electron chi connectivity index (χ3n) is 4.41. The normalized spacial score (nSPS) is 11.2. The van der Waals surface area contributed by atoms with E-state index in [1.807, 2.05) is 58.9 Å². The van der Waals surface area contributed by atoms with Crippen molar-refractivity contribution in [2.24, 2.45) is 0 Å². The van der Waals surface area contributed by atoms with Crippen molar-refractivity contribution in [2.75, 3.05) is 20.3 Å². The molecule has 0 bridgehead atoms. The predicted octanol–water partition coefficient (Wildman–Crippen LogP) is 4.10. The molecule has 2 rings (SSSR count). The van der Waals surface area contributed by atoms with E-state index in [-0.39, 0.29) is 30.5 Å². The fourth-order valence-electron chi connectivity index (χ4n) is 3.16. The Labute approximate surface area is 188 Å². The third kappa shape index (κ3) is 6.82. The van der Waals surface area contributed by atoms with Gasteiger partial charge in [-0.2, -0.15) is 0 Å². The molecule has 0 saturated carbocycles. The van der Waals surface area contributed by atoms with Crippen molar-refractivity contribution in [3.8, 4) is 11.5 Å². The smallest absolute Gasteiger partial charge is 0.262 e. The first-order valence-electron chi connectivity index (χ1n) is 10.3. The number of hydrogen-bond donors (Lipinski definition) is 1. The van der Waals surface area contributed by atoms with E-state index in [0.29, 0.717) is 23.0 Å². The zero-order valence-corrected chi connectivity index (χ0v) is 19.8. The minimum absolute atomic E-state index is 0.0486. The second-order valence-corrected chi connectivity index (χ2v) is 8.45. The van der Waals surface area contributed by atoms with Crippen LogP contribution >= 0.6 is 11.3 Å². The molecule has 1 aromatic heterocycles. The number of aromatic nitrogens is 1.